The molecule has 0 amide bonds. The molecule has 0 saturated carbocycles. The van der Waals surface area contributed by atoms with Crippen molar-refractivity contribution in [3.63, 3.8) is 0 Å². The molecule has 0 saturated heterocycles. The van der Waals surface area contributed by atoms with E-state index in [1.807, 2.05) is 43.5 Å². The Hall–Kier alpha value is -2.14. The lowest BCUT2D eigenvalue weighted by Gasteiger charge is -2.05. The van der Waals surface area contributed by atoms with Crippen molar-refractivity contribution in [2.24, 2.45) is 0 Å². The van der Waals surface area contributed by atoms with Gasteiger partial charge in [0, 0.05) is 11.8 Å². The summed E-state index contributed by atoms with van der Waals surface area (Å²) in [5.41, 5.74) is 5.77. The first-order valence-corrected chi connectivity index (χ1v) is 6.30. The average Bonchev–Trinajstić information content (AvgIpc) is 2.71. The fraction of sp³-hybridized carbons (Fsp3) is 0.143. The zero-order valence-corrected chi connectivity index (χ0v) is 11.6. The predicted molar refractivity (Wildman–Crippen MR) is 78.9 cm³/mol. The van der Waals surface area contributed by atoms with E-state index in [1.54, 1.807) is 4.68 Å². The van der Waals surface area contributed by atoms with E-state index in [-0.39, 0.29) is 5.78 Å². The van der Waals surface area contributed by atoms with Crippen LogP contribution in [-0.2, 0) is 4.79 Å². The van der Waals surface area contributed by atoms with Crippen LogP contribution in [0.2, 0.25) is 0 Å². The monoisotopic (exact) mass is 273 g/mol. The molecule has 1 aromatic heterocycles. The maximum absolute atomic E-state index is 11.0. The van der Waals surface area contributed by atoms with E-state index in [2.05, 4.69) is 10.4 Å². The summed E-state index contributed by atoms with van der Waals surface area (Å²) in [6.07, 6.45) is 3.39. The SMILES string of the molecule is CC(=O)C=C(C)Nn1cc(-c2ccccc2)[nH]c1=S. The van der Waals surface area contributed by atoms with Gasteiger partial charge < -0.3 is 4.98 Å². The third kappa shape index (κ3) is 3.42. The molecule has 1 heterocycles. The normalized spacial score (nSPS) is 11.4. The lowest BCUT2D eigenvalue weighted by molar-refractivity contribution is -0.112. The van der Waals surface area contributed by atoms with E-state index in [0.717, 1.165) is 17.0 Å². The van der Waals surface area contributed by atoms with Crippen molar-refractivity contribution in [3.05, 3.63) is 53.1 Å². The summed E-state index contributed by atoms with van der Waals surface area (Å²) in [5, 5.41) is 0. The van der Waals surface area contributed by atoms with Crippen LogP contribution >= 0.6 is 12.2 Å². The van der Waals surface area contributed by atoms with Crippen molar-refractivity contribution in [1.29, 1.82) is 0 Å². The van der Waals surface area contributed by atoms with Gasteiger partial charge in [0.15, 0.2) is 10.6 Å². The number of nitrogens with one attached hydrogen (secondary N) is 2. The molecular formula is C14H15N3OS. The molecule has 4 nitrogen and oxygen atoms in total. The van der Waals surface area contributed by atoms with Gasteiger partial charge in [-0.05, 0) is 31.6 Å². The second kappa shape index (κ2) is 5.67. The first kappa shape index (κ1) is 13.3. The molecule has 0 atom stereocenters. The second-order valence-electron chi connectivity index (χ2n) is 4.26. The Bertz CT molecular complexity index is 667. The van der Waals surface area contributed by atoms with Gasteiger partial charge in [0.25, 0.3) is 0 Å². The fourth-order valence-corrected chi connectivity index (χ4v) is 1.98. The maximum atomic E-state index is 11.0. The van der Waals surface area contributed by atoms with Gasteiger partial charge in [-0.1, -0.05) is 30.3 Å². The Labute approximate surface area is 116 Å². The van der Waals surface area contributed by atoms with Gasteiger partial charge in [0.05, 0.1) is 11.9 Å². The number of allylic oxidation sites excluding steroid dienone is 2. The number of carbonyl (C=O) groups is 1. The number of hydrogen-bond acceptors (Lipinski definition) is 3. The number of H-pyrrole nitrogens is 1. The molecule has 19 heavy (non-hydrogen) atoms. The van der Waals surface area contributed by atoms with Crippen LogP contribution in [0.4, 0.5) is 0 Å². The number of imidazole rings is 1. The fourth-order valence-electron chi connectivity index (χ4n) is 1.77. The van der Waals surface area contributed by atoms with E-state index in [1.165, 1.54) is 13.0 Å². The quantitative estimate of drug-likeness (QED) is 0.664. The van der Waals surface area contributed by atoms with Gasteiger partial charge >= 0.3 is 0 Å². The molecule has 98 valence electrons. The number of rotatable bonds is 4. The van der Waals surface area contributed by atoms with Crippen molar-refractivity contribution in [3.8, 4) is 11.3 Å². The highest BCUT2D eigenvalue weighted by molar-refractivity contribution is 7.71. The van der Waals surface area contributed by atoms with Crippen LogP contribution in [0.15, 0.2) is 48.3 Å². The van der Waals surface area contributed by atoms with Crippen molar-refractivity contribution in [1.82, 2.24) is 9.66 Å². The number of aromatic amines is 1. The first-order valence-electron chi connectivity index (χ1n) is 5.89. The van der Waals surface area contributed by atoms with Crippen LogP contribution in [0.3, 0.4) is 0 Å². The molecule has 0 aliphatic carbocycles. The van der Waals surface area contributed by atoms with E-state index < -0.39 is 0 Å². The van der Waals surface area contributed by atoms with Gasteiger partial charge in [0.2, 0.25) is 0 Å². The molecule has 0 aliphatic heterocycles. The van der Waals surface area contributed by atoms with Gasteiger partial charge in [-0.15, -0.1) is 0 Å². The summed E-state index contributed by atoms with van der Waals surface area (Å²) in [5.74, 6) is -0.00432. The van der Waals surface area contributed by atoms with Gasteiger partial charge in [0.1, 0.15) is 0 Å². The van der Waals surface area contributed by atoms with Gasteiger partial charge in [-0.25, -0.2) is 4.68 Å². The van der Waals surface area contributed by atoms with Crippen molar-refractivity contribution in [2.45, 2.75) is 13.8 Å². The highest BCUT2D eigenvalue weighted by atomic mass is 32.1. The Kier molecular flexibility index (Phi) is 3.97. The van der Waals surface area contributed by atoms with Crippen LogP contribution in [0.25, 0.3) is 11.3 Å². The minimum atomic E-state index is -0.00432. The Morgan fingerprint density at radius 3 is 2.63 bits per heavy atom. The minimum Gasteiger partial charge on any atom is -0.329 e. The molecule has 2 N–H and O–H groups in total. The van der Waals surface area contributed by atoms with E-state index >= 15 is 0 Å². The third-order valence-corrected chi connectivity index (χ3v) is 2.82. The molecule has 0 aliphatic rings. The molecule has 2 rings (SSSR count). The molecule has 0 spiro atoms. The number of ketones is 1. The summed E-state index contributed by atoms with van der Waals surface area (Å²) in [6.45, 7) is 3.33. The summed E-state index contributed by atoms with van der Waals surface area (Å²) >= 11 is 5.24. The summed E-state index contributed by atoms with van der Waals surface area (Å²) in [4.78, 5) is 14.1. The summed E-state index contributed by atoms with van der Waals surface area (Å²) < 4.78 is 2.24. The zero-order valence-electron chi connectivity index (χ0n) is 10.8. The van der Waals surface area contributed by atoms with E-state index in [4.69, 9.17) is 12.2 Å². The number of hydrogen-bond donors (Lipinski definition) is 2. The largest absolute Gasteiger partial charge is 0.329 e. The standard InChI is InChI=1S/C14H15N3OS/c1-10(8-11(2)18)16-17-9-13(15-14(17)19)12-6-4-3-5-7-12/h3-9,16H,1-2H3,(H,15,19). The average molecular weight is 273 g/mol. The predicted octanol–water partition coefficient (Wildman–Crippen LogP) is 3.25. The molecule has 0 fully saturated rings. The molecule has 5 heteroatoms. The Morgan fingerprint density at radius 2 is 2.00 bits per heavy atom. The molecule has 1 aromatic carbocycles. The lowest BCUT2D eigenvalue weighted by Crippen LogP contribution is -2.12. The minimum absolute atomic E-state index is 0.00432. The third-order valence-electron chi connectivity index (χ3n) is 2.52. The number of nitrogens with zero attached hydrogens (tertiary/aromatic N) is 1. The molecule has 0 bridgehead atoms. The molecule has 2 aromatic rings. The highest BCUT2D eigenvalue weighted by Crippen LogP contribution is 2.16. The first-order chi connectivity index (χ1) is 9.06. The molecular weight excluding hydrogens is 258 g/mol. The van der Waals surface area contributed by atoms with E-state index in [0.29, 0.717) is 4.77 Å². The molecule has 0 unspecified atom stereocenters. The van der Waals surface area contributed by atoms with E-state index in [9.17, 15) is 4.79 Å². The summed E-state index contributed by atoms with van der Waals surface area (Å²) in [6, 6.07) is 9.91. The zero-order chi connectivity index (χ0) is 13.8. The van der Waals surface area contributed by atoms with Crippen molar-refractivity contribution in [2.75, 3.05) is 5.43 Å². The van der Waals surface area contributed by atoms with Crippen molar-refractivity contribution < 1.29 is 4.79 Å². The lowest BCUT2D eigenvalue weighted by atomic mass is 10.2. The van der Waals surface area contributed by atoms with Gasteiger partial charge in [-0.2, -0.15) is 0 Å². The van der Waals surface area contributed by atoms with Crippen LogP contribution in [0, 0.1) is 4.77 Å². The van der Waals surface area contributed by atoms with Crippen LogP contribution in [0.1, 0.15) is 13.8 Å². The second-order valence-corrected chi connectivity index (χ2v) is 4.65. The highest BCUT2D eigenvalue weighted by Gasteiger charge is 2.02. The van der Waals surface area contributed by atoms with Crippen LogP contribution < -0.4 is 5.43 Å². The van der Waals surface area contributed by atoms with Gasteiger partial charge in [-0.3, -0.25) is 10.2 Å². The molecule has 0 radical (unpaired) electrons. The smallest absolute Gasteiger partial charge is 0.196 e. The maximum Gasteiger partial charge on any atom is 0.196 e. The summed E-state index contributed by atoms with van der Waals surface area (Å²) in [7, 11) is 0. The van der Waals surface area contributed by atoms with Crippen molar-refractivity contribution >= 4 is 18.0 Å². The number of benzene rings is 1. The Balaban J connectivity index is 2.28. The van der Waals surface area contributed by atoms with Crippen LogP contribution in [0.5, 0.6) is 0 Å². The number of carbonyl (C=O) groups excluding carboxylic acids is 1. The Morgan fingerprint density at radius 1 is 1.32 bits per heavy atom. The number of aromatic nitrogens is 2. The topological polar surface area (TPSA) is 49.8 Å². The van der Waals surface area contributed by atoms with Crippen LogP contribution in [-0.4, -0.2) is 15.4 Å².